The number of ketones is 1. The number of ether oxygens (including phenoxy) is 5. The Hall–Kier alpha value is -0.530. The first-order chi connectivity index (χ1) is 8.46. The van der Waals surface area contributed by atoms with Crippen LogP contribution in [0.25, 0.3) is 0 Å². The highest BCUT2D eigenvalue weighted by atomic mass is 16.8. The molecule has 0 aromatic rings. The van der Waals surface area contributed by atoms with Crippen LogP contribution in [0.4, 0.5) is 0 Å². The molecule has 3 aliphatic heterocycles. The van der Waals surface area contributed by atoms with E-state index in [0.717, 1.165) is 0 Å². The van der Waals surface area contributed by atoms with Crippen LogP contribution in [-0.4, -0.2) is 49.1 Å². The number of carbonyl (C=O) groups is 1. The van der Waals surface area contributed by atoms with Crippen molar-refractivity contribution in [2.24, 2.45) is 0 Å². The summed E-state index contributed by atoms with van der Waals surface area (Å²) in [4.78, 5) is 12.4. The van der Waals surface area contributed by atoms with Crippen molar-refractivity contribution in [1.82, 2.24) is 0 Å². The Labute approximate surface area is 105 Å². The zero-order chi connectivity index (χ0) is 13.0. The normalized spacial score (nSPS) is 46.6. The van der Waals surface area contributed by atoms with Gasteiger partial charge in [-0.05, 0) is 20.3 Å². The summed E-state index contributed by atoms with van der Waals surface area (Å²) in [6, 6.07) is 0. The van der Waals surface area contributed by atoms with Gasteiger partial charge in [0.15, 0.2) is 18.2 Å². The third kappa shape index (κ3) is 1.80. The SMILES string of the molecule is CCC1OC2COC3(COC(C)(C)O3)C(=O)C2O1. The largest absolute Gasteiger partial charge is 0.344 e. The lowest BCUT2D eigenvalue weighted by molar-refractivity contribution is -0.263. The van der Waals surface area contributed by atoms with E-state index in [9.17, 15) is 4.79 Å². The predicted molar refractivity (Wildman–Crippen MR) is 58.6 cm³/mol. The topological polar surface area (TPSA) is 63.2 Å². The first-order valence-corrected chi connectivity index (χ1v) is 6.29. The van der Waals surface area contributed by atoms with Crippen LogP contribution in [0.3, 0.4) is 0 Å². The van der Waals surface area contributed by atoms with Crippen molar-refractivity contribution in [3.63, 3.8) is 0 Å². The molecule has 102 valence electrons. The van der Waals surface area contributed by atoms with E-state index in [1.165, 1.54) is 0 Å². The van der Waals surface area contributed by atoms with Crippen molar-refractivity contribution in [1.29, 1.82) is 0 Å². The van der Waals surface area contributed by atoms with Crippen LogP contribution in [0.1, 0.15) is 27.2 Å². The fourth-order valence-electron chi connectivity index (χ4n) is 2.52. The average molecular weight is 258 g/mol. The average Bonchev–Trinajstić information content (AvgIpc) is 2.87. The molecule has 0 bridgehead atoms. The molecule has 0 N–H and O–H groups in total. The number of hydrogen-bond donors (Lipinski definition) is 0. The molecule has 0 saturated carbocycles. The van der Waals surface area contributed by atoms with E-state index in [0.29, 0.717) is 6.42 Å². The fourth-order valence-corrected chi connectivity index (χ4v) is 2.52. The highest BCUT2D eigenvalue weighted by molar-refractivity contribution is 5.92. The summed E-state index contributed by atoms with van der Waals surface area (Å²) in [6.07, 6.45) is -0.574. The standard InChI is InChI=1S/C12H18O6/c1-4-8-16-7-5-14-12(10(13)9(7)17-8)6-15-11(2,3)18-12/h7-9H,4-6H2,1-3H3. The smallest absolute Gasteiger partial charge is 0.258 e. The van der Waals surface area contributed by atoms with Gasteiger partial charge in [0.05, 0.1) is 6.61 Å². The molecular formula is C12H18O6. The van der Waals surface area contributed by atoms with Crippen LogP contribution in [0.15, 0.2) is 0 Å². The Kier molecular flexibility index (Phi) is 2.76. The molecule has 0 radical (unpaired) electrons. The summed E-state index contributed by atoms with van der Waals surface area (Å²) in [6.45, 7) is 5.84. The van der Waals surface area contributed by atoms with Gasteiger partial charge in [0.1, 0.15) is 12.7 Å². The molecule has 3 heterocycles. The van der Waals surface area contributed by atoms with Gasteiger partial charge in [-0.15, -0.1) is 0 Å². The van der Waals surface area contributed by atoms with Gasteiger partial charge >= 0.3 is 0 Å². The van der Waals surface area contributed by atoms with Gasteiger partial charge < -0.3 is 23.7 Å². The van der Waals surface area contributed by atoms with Crippen molar-refractivity contribution in [2.45, 2.75) is 57.3 Å². The van der Waals surface area contributed by atoms with E-state index in [1.54, 1.807) is 13.8 Å². The third-order valence-corrected chi connectivity index (χ3v) is 3.43. The molecule has 4 atom stereocenters. The molecule has 0 amide bonds. The maximum Gasteiger partial charge on any atom is 0.258 e. The highest BCUT2D eigenvalue weighted by Crippen LogP contribution is 2.39. The monoisotopic (exact) mass is 258 g/mol. The summed E-state index contributed by atoms with van der Waals surface area (Å²) in [5.41, 5.74) is 0. The zero-order valence-electron chi connectivity index (χ0n) is 10.8. The minimum Gasteiger partial charge on any atom is -0.344 e. The number of carbonyl (C=O) groups excluding carboxylic acids is 1. The van der Waals surface area contributed by atoms with Crippen LogP contribution in [0.5, 0.6) is 0 Å². The van der Waals surface area contributed by atoms with Gasteiger partial charge in [-0.2, -0.15) is 0 Å². The summed E-state index contributed by atoms with van der Waals surface area (Å²) in [5, 5.41) is 0. The van der Waals surface area contributed by atoms with Gasteiger partial charge in [-0.25, -0.2) is 0 Å². The maximum absolute atomic E-state index is 12.4. The molecule has 4 unspecified atom stereocenters. The van der Waals surface area contributed by atoms with E-state index in [1.807, 2.05) is 6.92 Å². The predicted octanol–water partition coefficient (Wildman–Crippen LogP) is 0.585. The van der Waals surface area contributed by atoms with E-state index in [4.69, 9.17) is 23.7 Å². The van der Waals surface area contributed by atoms with E-state index in [2.05, 4.69) is 0 Å². The molecule has 3 saturated heterocycles. The second-order valence-electron chi connectivity index (χ2n) is 5.29. The number of rotatable bonds is 1. The van der Waals surface area contributed by atoms with Crippen LogP contribution in [0, 0.1) is 0 Å². The molecule has 3 fully saturated rings. The number of fused-ring (bicyclic) bond motifs is 1. The molecule has 3 rings (SSSR count). The minimum atomic E-state index is -1.32. The second kappa shape index (κ2) is 3.98. The van der Waals surface area contributed by atoms with Crippen LogP contribution in [-0.2, 0) is 28.5 Å². The van der Waals surface area contributed by atoms with Gasteiger partial charge in [-0.1, -0.05) is 6.92 Å². The van der Waals surface area contributed by atoms with Gasteiger partial charge in [0.25, 0.3) is 5.79 Å². The Morgan fingerprint density at radius 2 is 2.06 bits per heavy atom. The summed E-state index contributed by atoms with van der Waals surface area (Å²) in [7, 11) is 0. The van der Waals surface area contributed by atoms with Crippen molar-refractivity contribution in [2.75, 3.05) is 13.2 Å². The van der Waals surface area contributed by atoms with Gasteiger partial charge in [0.2, 0.25) is 5.78 Å². The lowest BCUT2D eigenvalue weighted by Gasteiger charge is -2.35. The summed E-state index contributed by atoms with van der Waals surface area (Å²) in [5.74, 6) is -2.37. The lowest BCUT2D eigenvalue weighted by atomic mass is 9.99. The van der Waals surface area contributed by atoms with Crippen LogP contribution < -0.4 is 0 Å². The quantitative estimate of drug-likeness (QED) is 0.685. The highest BCUT2D eigenvalue weighted by Gasteiger charge is 2.61. The first-order valence-electron chi connectivity index (χ1n) is 6.29. The van der Waals surface area contributed by atoms with Crippen molar-refractivity contribution >= 4 is 5.78 Å². The summed E-state index contributed by atoms with van der Waals surface area (Å²) < 4.78 is 27.8. The van der Waals surface area contributed by atoms with Gasteiger partial charge in [0, 0.05) is 0 Å². The van der Waals surface area contributed by atoms with Crippen LogP contribution in [0.2, 0.25) is 0 Å². The molecule has 6 heteroatoms. The van der Waals surface area contributed by atoms with Crippen molar-refractivity contribution < 1.29 is 28.5 Å². The molecule has 6 nitrogen and oxygen atoms in total. The van der Waals surface area contributed by atoms with E-state index >= 15 is 0 Å². The van der Waals surface area contributed by atoms with Crippen molar-refractivity contribution in [3.05, 3.63) is 0 Å². The number of hydrogen-bond acceptors (Lipinski definition) is 6. The van der Waals surface area contributed by atoms with Crippen LogP contribution >= 0.6 is 0 Å². The molecule has 1 spiro atoms. The Morgan fingerprint density at radius 3 is 2.67 bits per heavy atom. The van der Waals surface area contributed by atoms with E-state index in [-0.39, 0.29) is 31.4 Å². The molecule has 0 aromatic heterocycles. The summed E-state index contributed by atoms with van der Waals surface area (Å²) >= 11 is 0. The third-order valence-electron chi connectivity index (χ3n) is 3.43. The Morgan fingerprint density at radius 1 is 1.28 bits per heavy atom. The maximum atomic E-state index is 12.4. The first kappa shape index (κ1) is 12.5. The van der Waals surface area contributed by atoms with Gasteiger partial charge in [-0.3, -0.25) is 4.79 Å². The fraction of sp³-hybridized carbons (Fsp3) is 0.917. The Bertz CT molecular complexity index is 368. The number of Topliss-reactive ketones (excluding diaryl/α,β-unsaturated/α-hetero) is 1. The molecule has 18 heavy (non-hydrogen) atoms. The lowest BCUT2D eigenvalue weighted by Crippen LogP contribution is -2.58. The van der Waals surface area contributed by atoms with Crippen molar-refractivity contribution in [3.8, 4) is 0 Å². The molecule has 3 aliphatic rings. The molecular weight excluding hydrogens is 240 g/mol. The zero-order valence-corrected chi connectivity index (χ0v) is 10.8. The van der Waals surface area contributed by atoms with E-state index < -0.39 is 17.7 Å². The Balaban J connectivity index is 1.80. The molecule has 0 aliphatic carbocycles. The second-order valence-corrected chi connectivity index (χ2v) is 5.29. The molecule has 0 aromatic carbocycles. The minimum absolute atomic E-state index is 0.0994.